The maximum absolute atomic E-state index is 6.50. The monoisotopic (exact) mass is 394 g/mol. The molecule has 0 radical (unpaired) electrons. The highest BCUT2D eigenvalue weighted by atomic mass is 35.5. The van der Waals surface area contributed by atoms with Gasteiger partial charge in [0.15, 0.2) is 4.33 Å². The Morgan fingerprint density at radius 1 is 0.765 bits per heavy atom. The Morgan fingerprint density at radius 3 is 1.29 bits per heavy atom. The first-order valence-corrected chi connectivity index (χ1v) is 7.98. The number of halogens is 8. The van der Waals surface area contributed by atoms with E-state index in [1.165, 1.54) is 0 Å². The molecule has 0 heterocycles. The van der Waals surface area contributed by atoms with Crippen molar-refractivity contribution < 1.29 is 0 Å². The van der Waals surface area contributed by atoms with Gasteiger partial charge in [-0.1, -0.05) is 46.4 Å². The number of rotatable bonds is 2. The Bertz CT molecular complexity index is 356. The van der Waals surface area contributed by atoms with E-state index in [4.69, 9.17) is 92.8 Å². The molecule has 17 heavy (non-hydrogen) atoms. The van der Waals surface area contributed by atoms with Crippen molar-refractivity contribution in [2.24, 2.45) is 11.8 Å². The molecule has 0 N–H and O–H groups in total. The van der Waals surface area contributed by atoms with Crippen LogP contribution in [0.1, 0.15) is 0 Å². The van der Waals surface area contributed by atoms with E-state index >= 15 is 0 Å². The van der Waals surface area contributed by atoms with Crippen LogP contribution in [-0.4, -0.2) is 25.8 Å². The van der Waals surface area contributed by atoms with Crippen LogP contribution in [0.4, 0.5) is 0 Å². The highest BCUT2D eigenvalue weighted by molar-refractivity contribution is 6.65. The third kappa shape index (κ3) is 1.48. The van der Waals surface area contributed by atoms with Gasteiger partial charge in [-0.15, -0.1) is 46.4 Å². The van der Waals surface area contributed by atoms with Crippen LogP contribution in [0.25, 0.3) is 0 Å². The van der Waals surface area contributed by atoms with Gasteiger partial charge in [-0.05, 0) is 0 Å². The Hall–Kier alpha value is 2.06. The molecule has 0 spiro atoms. The fraction of sp³-hybridized carbons (Fsp3) is 0.778. The van der Waals surface area contributed by atoms with Crippen molar-refractivity contribution in [3.05, 3.63) is 10.1 Å². The van der Waals surface area contributed by atoms with Gasteiger partial charge in [0, 0.05) is 23.6 Å². The van der Waals surface area contributed by atoms with Crippen LogP contribution in [0.3, 0.4) is 0 Å². The molecule has 0 aromatic heterocycles. The summed E-state index contributed by atoms with van der Waals surface area (Å²) >= 11 is 49.8. The Kier molecular flexibility index (Phi) is 4.12. The summed E-state index contributed by atoms with van der Waals surface area (Å²) in [6.45, 7) is 0. The third-order valence-electron chi connectivity index (χ3n) is 3.59. The van der Waals surface area contributed by atoms with Gasteiger partial charge < -0.3 is 0 Å². The zero-order valence-corrected chi connectivity index (χ0v) is 14.1. The van der Waals surface area contributed by atoms with Crippen LogP contribution in [0.2, 0.25) is 0 Å². The molecule has 0 nitrogen and oxygen atoms in total. The quantitative estimate of drug-likeness (QED) is 0.536. The molecule has 1 saturated carbocycles. The number of hydrogen-bond donors (Lipinski definition) is 0. The van der Waals surface area contributed by atoms with E-state index in [1.807, 2.05) is 0 Å². The van der Waals surface area contributed by atoms with Crippen molar-refractivity contribution in [1.82, 2.24) is 0 Å². The third-order valence-corrected chi connectivity index (χ3v) is 8.60. The van der Waals surface area contributed by atoms with Gasteiger partial charge in [-0.3, -0.25) is 0 Å². The molecular weight excluding hydrogens is 392 g/mol. The average molecular weight is 398 g/mol. The largest absolute Gasteiger partial charge is 0.166 e. The molecule has 0 amide bonds. The Morgan fingerprint density at radius 2 is 1.06 bits per heavy atom. The van der Waals surface area contributed by atoms with Gasteiger partial charge >= 0.3 is 0 Å². The molecule has 1 fully saturated rings. The standard InChI is InChI=1S/C9H6Cl8/c10-1-3-4(2-11)8(15)6(13)5(12)7(3,14)9(8,16)17/h3-4H,1-2H2/t3-,4+,7+,8-. The lowest BCUT2D eigenvalue weighted by atomic mass is 9.84. The van der Waals surface area contributed by atoms with Gasteiger partial charge in [0.1, 0.15) is 9.75 Å². The maximum Gasteiger partial charge on any atom is 0.166 e. The lowest BCUT2D eigenvalue weighted by molar-refractivity contribution is 0.391. The average Bonchev–Trinajstić information content (AvgIpc) is 2.48. The lowest BCUT2D eigenvalue weighted by Gasteiger charge is -2.34. The predicted octanol–water partition coefficient (Wildman–Crippen LogP) is 5.54. The first-order valence-electron chi connectivity index (χ1n) is 4.65. The molecule has 0 saturated heterocycles. The molecule has 0 aromatic carbocycles. The first-order chi connectivity index (χ1) is 7.71. The second-order valence-corrected chi connectivity index (χ2v) is 8.04. The summed E-state index contributed by atoms with van der Waals surface area (Å²) in [5.74, 6) is -0.301. The van der Waals surface area contributed by atoms with Gasteiger partial charge in [0.25, 0.3) is 0 Å². The van der Waals surface area contributed by atoms with E-state index < -0.39 is 14.1 Å². The summed E-state index contributed by atoms with van der Waals surface area (Å²) in [6.07, 6.45) is 0. The molecule has 8 heteroatoms. The molecule has 2 bridgehead atoms. The minimum absolute atomic E-state index is 0.160. The fourth-order valence-electron chi connectivity index (χ4n) is 2.63. The maximum atomic E-state index is 6.50. The van der Waals surface area contributed by atoms with Crippen LogP contribution in [0.15, 0.2) is 10.1 Å². The molecule has 0 aromatic rings. The molecule has 4 atom stereocenters. The van der Waals surface area contributed by atoms with E-state index in [-0.39, 0.29) is 33.7 Å². The van der Waals surface area contributed by atoms with Crippen LogP contribution in [0.5, 0.6) is 0 Å². The van der Waals surface area contributed by atoms with E-state index in [9.17, 15) is 0 Å². The number of alkyl halides is 6. The highest BCUT2D eigenvalue weighted by Gasteiger charge is 2.81. The van der Waals surface area contributed by atoms with E-state index in [2.05, 4.69) is 0 Å². The zero-order valence-electron chi connectivity index (χ0n) is 8.09. The summed E-state index contributed by atoms with van der Waals surface area (Å²) in [7, 11) is 0. The normalized spacial score (nSPS) is 48.0. The molecule has 2 aliphatic rings. The topological polar surface area (TPSA) is 0 Å². The van der Waals surface area contributed by atoms with Crippen LogP contribution < -0.4 is 0 Å². The molecule has 98 valence electrons. The Balaban J connectivity index is 2.72. The molecule has 2 aliphatic carbocycles. The second kappa shape index (κ2) is 4.53. The number of allylic oxidation sites excluding steroid dienone is 2. The Labute approximate surface area is 139 Å². The van der Waals surface area contributed by atoms with E-state index in [0.29, 0.717) is 0 Å². The zero-order chi connectivity index (χ0) is 13.2. The van der Waals surface area contributed by atoms with Crippen molar-refractivity contribution in [2.75, 3.05) is 11.8 Å². The van der Waals surface area contributed by atoms with Crippen molar-refractivity contribution in [2.45, 2.75) is 14.1 Å². The van der Waals surface area contributed by atoms with E-state index in [0.717, 1.165) is 0 Å². The first kappa shape index (κ1) is 15.4. The smallest absolute Gasteiger partial charge is 0.126 e. The van der Waals surface area contributed by atoms with E-state index in [1.54, 1.807) is 0 Å². The summed E-state index contributed by atoms with van der Waals surface area (Å²) < 4.78 is -1.55. The van der Waals surface area contributed by atoms with Gasteiger partial charge in [-0.25, -0.2) is 0 Å². The lowest BCUT2D eigenvalue weighted by Crippen LogP contribution is -2.45. The molecular formula is C9H6Cl8. The van der Waals surface area contributed by atoms with Crippen LogP contribution >= 0.6 is 92.8 Å². The fourth-order valence-corrected chi connectivity index (χ4v) is 6.77. The second-order valence-electron chi connectivity index (χ2n) is 4.15. The molecule has 2 rings (SSSR count). The van der Waals surface area contributed by atoms with Crippen molar-refractivity contribution in [3.8, 4) is 0 Å². The molecule has 0 aliphatic heterocycles. The van der Waals surface area contributed by atoms with Gasteiger partial charge in [0.2, 0.25) is 0 Å². The van der Waals surface area contributed by atoms with Crippen LogP contribution in [0, 0.1) is 11.8 Å². The summed E-state index contributed by atoms with van der Waals surface area (Å²) in [5.41, 5.74) is 0. The van der Waals surface area contributed by atoms with Gasteiger partial charge in [-0.2, -0.15) is 0 Å². The van der Waals surface area contributed by atoms with Crippen LogP contribution in [-0.2, 0) is 0 Å². The summed E-state index contributed by atoms with van der Waals surface area (Å²) in [4.78, 5) is -2.59. The van der Waals surface area contributed by atoms with Crippen molar-refractivity contribution in [1.29, 1.82) is 0 Å². The van der Waals surface area contributed by atoms with Crippen molar-refractivity contribution >= 4 is 92.8 Å². The number of hydrogen-bond acceptors (Lipinski definition) is 0. The summed E-state index contributed by atoms with van der Waals surface area (Å²) in [6, 6.07) is 0. The van der Waals surface area contributed by atoms with Crippen molar-refractivity contribution in [3.63, 3.8) is 0 Å². The number of fused-ring (bicyclic) bond motifs is 2. The highest BCUT2D eigenvalue weighted by Crippen LogP contribution is 2.76. The van der Waals surface area contributed by atoms with Gasteiger partial charge in [0.05, 0.1) is 10.1 Å². The minimum Gasteiger partial charge on any atom is -0.126 e. The predicted molar refractivity (Wildman–Crippen MR) is 78.8 cm³/mol. The minimum atomic E-state index is -1.55. The molecule has 0 unspecified atom stereocenters. The SMILES string of the molecule is ClC[C@@H]1[C@H](CCl)[C@@]2(Cl)C(Cl)=C(Cl)[C@]1(Cl)C2(Cl)Cl. The summed E-state index contributed by atoms with van der Waals surface area (Å²) in [5, 5.41) is 0.320.